The van der Waals surface area contributed by atoms with Crippen molar-refractivity contribution in [2.45, 2.75) is 6.04 Å². The van der Waals surface area contributed by atoms with E-state index in [-0.39, 0.29) is 6.04 Å². The zero-order valence-electron chi connectivity index (χ0n) is 28.3. The number of allylic oxidation sites excluding steroid dienone is 4. The van der Waals surface area contributed by atoms with Gasteiger partial charge in [0, 0.05) is 39.2 Å². The first-order valence-corrected chi connectivity index (χ1v) is 17.9. The van der Waals surface area contributed by atoms with E-state index in [1.54, 1.807) is 0 Å². The minimum atomic E-state index is -0.0367. The number of nitrogens with zero attached hydrogens (tertiary/aromatic N) is 3. The molecule has 3 aromatic heterocycles. The Hall–Kier alpha value is -6.85. The molecule has 246 valence electrons. The first kappa shape index (κ1) is 28.9. The third kappa shape index (κ3) is 4.26. The van der Waals surface area contributed by atoms with Crippen molar-refractivity contribution in [1.82, 2.24) is 24.8 Å². The molecule has 0 aliphatic carbocycles. The lowest BCUT2D eigenvalue weighted by Crippen LogP contribution is -2.20. The van der Waals surface area contributed by atoms with Crippen LogP contribution >= 0.6 is 0 Å². The summed E-state index contributed by atoms with van der Waals surface area (Å²) in [4.78, 5) is 5.21. The van der Waals surface area contributed by atoms with Crippen LogP contribution in [-0.2, 0) is 0 Å². The van der Waals surface area contributed by atoms with E-state index in [1.807, 2.05) is 12.3 Å². The number of benzene rings is 6. The van der Waals surface area contributed by atoms with Crippen LogP contribution in [-0.4, -0.2) is 20.7 Å². The van der Waals surface area contributed by atoms with Gasteiger partial charge in [-0.2, -0.15) is 0 Å². The molecule has 9 aromatic rings. The Morgan fingerprint density at radius 2 is 1.29 bits per heavy atom. The molecule has 0 saturated heterocycles. The number of hydrogen-bond acceptors (Lipinski definition) is 3. The molecule has 1 atom stereocenters. The maximum atomic E-state index is 5.21. The van der Waals surface area contributed by atoms with Crippen LogP contribution in [0.25, 0.3) is 82.2 Å². The zero-order chi connectivity index (χ0) is 34.2. The Balaban J connectivity index is 1.30. The van der Waals surface area contributed by atoms with Crippen LogP contribution < -0.4 is 10.6 Å². The van der Waals surface area contributed by atoms with Crippen LogP contribution in [0.5, 0.6) is 0 Å². The number of para-hydroxylation sites is 2. The van der Waals surface area contributed by atoms with Gasteiger partial charge in [-0.15, -0.1) is 0 Å². The third-order valence-electron chi connectivity index (χ3n) is 10.7. The Kier molecular flexibility index (Phi) is 6.31. The number of dihydropyridines is 2. The smallest absolute Gasteiger partial charge is 0.0886 e. The number of pyridine rings is 1. The summed E-state index contributed by atoms with van der Waals surface area (Å²) in [6.45, 7) is 0.776. The number of rotatable bonds is 4. The van der Waals surface area contributed by atoms with Crippen molar-refractivity contribution in [2.24, 2.45) is 0 Å². The molecule has 6 aromatic carbocycles. The standard InChI is InChI=1S/C47H33N5/c1-2-14-30(15-3-1)52-45-29-44-37(28-38(45)46-35-19-6-4-16-32(35)33-17-5-7-20-36(33)47(46)52)34-18-8-9-23-43(34)51(44)31-26-41(39-21-10-12-24-48-39)50-42(27-31)40-22-11-13-25-49-40/h1-24,26-29,39,48-49H,25H2. The van der Waals surface area contributed by atoms with Crippen LogP contribution in [0.4, 0.5) is 0 Å². The van der Waals surface area contributed by atoms with Crippen molar-refractivity contribution in [1.29, 1.82) is 0 Å². The topological polar surface area (TPSA) is 46.8 Å². The van der Waals surface area contributed by atoms with Crippen LogP contribution in [0.2, 0.25) is 0 Å². The van der Waals surface area contributed by atoms with Gasteiger partial charge in [-0.25, -0.2) is 4.98 Å². The molecule has 5 nitrogen and oxygen atoms in total. The molecule has 0 spiro atoms. The van der Waals surface area contributed by atoms with Crippen molar-refractivity contribution in [3.8, 4) is 11.4 Å². The van der Waals surface area contributed by atoms with Crippen molar-refractivity contribution < 1.29 is 0 Å². The Morgan fingerprint density at radius 1 is 0.558 bits per heavy atom. The monoisotopic (exact) mass is 667 g/mol. The maximum Gasteiger partial charge on any atom is 0.0886 e. The average Bonchev–Trinajstić information content (AvgIpc) is 3.73. The fourth-order valence-corrected chi connectivity index (χ4v) is 8.49. The van der Waals surface area contributed by atoms with Gasteiger partial charge < -0.3 is 19.8 Å². The quantitative estimate of drug-likeness (QED) is 0.184. The molecule has 5 heteroatoms. The van der Waals surface area contributed by atoms with E-state index >= 15 is 0 Å². The van der Waals surface area contributed by atoms with Gasteiger partial charge in [-0.1, -0.05) is 109 Å². The van der Waals surface area contributed by atoms with E-state index in [0.717, 1.165) is 46.0 Å². The lowest BCUT2D eigenvalue weighted by molar-refractivity contribution is 0.717. The van der Waals surface area contributed by atoms with E-state index in [0.29, 0.717) is 0 Å². The number of nitrogens with one attached hydrogen (secondary N) is 2. The third-order valence-corrected chi connectivity index (χ3v) is 10.7. The molecular weight excluding hydrogens is 635 g/mol. The second kappa shape index (κ2) is 11.3. The van der Waals surface area contributed by atoms with E-state index < -0.39 is 0 Å². The first-order valence-electron chi connectivity index (χ1n) is 17.9. The lowest BCUT2D eigenvalue weighted by atomic mass is 9.96. The predicted molar refractivity (Wildman–Crippen MR) is 217 cm³/mol. The van der Waals surface area contributed by atoms with Crippen molar-refractivity contribution in [2.75, 3.05) is 6.54 Å². The summed E-state index contributed by atoms with van der Waals surface area (Å²) in [7, 11) is 0. The summed E-state index contributed by atoms with van der Waals surface area (Å²) in [5, 5.41) is 17.1. The van der Waals surface area contributed by atoms with E-state index in [9.17, 15) is 0 Å². The predicted octanol–water partition coefficient (Wildman–Crippen LogP) is 10.8. The molecule has 2 N–H and O–H groups in total. The van der Waals surface area contributed by atoms with Gasteiger partial charge in [0.1, 0.15) is 0 Å². The van der Waals surface area contributed by atoms with Crippen LogP contribution in [0.3, 0.4) is 0 Å². The molecule has 0 radical (unpaired) electrons. The van der Waals surface area contributed by atoms with Gasteiger partial charge in [0.2, 0.25) is 0 Å². The van der Waals surface area contributed by atoms with Crippen LogP contribution in [0, 0.1) is 0 Å². The number of aromatic nitrogens is 3. The van der Waals surface area contributed by atoms with Crippen molar-refractivity contribution in [3.63, 3.8) is 0 Å². The van der Waals surface area contributed by atoms with Crippen LogP contribution in [0.15, 0.2) is 170 Å². The highest BCUT2D eigenvalue weighted by Crippen LogP contribution is 2.45. The van der Waals surface area contributed by atoms with E-state index in [1.165, 1.54) is 54.1 Å². The fourth-order valence-electron chi connectivity index (χ4n) is 8.49. The van der Waals surface area contributed by atoms with Crippen molar-refractivity contribution in [3.05, 3.63) is 181 Å². The molecule has 52 heavy (non-hydrogen) atoms. The van der Waals surface area contributed by atoms with Gasteiger partial charge in [-0.05, 0) is 77.0 Å². The van der Waals surface area contributed by atoms with Gasteiger partial charge >= 0.3 is 0 Å². The molecule has 0 amide bonds. The highest BCUT2D eigenvalue weighted by atomic mass is 15.0. The highest BCUT2D eigenvalue weighted by Gasteiger charge is 2.23. The zero-order valence-corrected chi connectivity index (χ0v) is 28.3. The molecule has 2 aliphatic heterocycles. The van der Waals surface area contributed by atoms with Crippen molar-refractivity contribution >= 4 is 70.9 Å². The molecule has 0 fully saturated rings. The molecule has 11 rings (SSSR count). The fraction of sp³-hybridized carbons (Fsp3) is 0.0426. The van der Waals surface area contributed by atoms with Crippen LogP contribution in [0.1, 0.15) is 17.4 Å². The highest BCUT2D eigenvalue weighted by molar-refractivity contribution is 6.33. The molecule has 0 saturated carbocycles. The number of hydrogen-bond donors (Lipinski definition) is 2. The average molecular weight is 668 g/mol. The maximum absolute atomic E-state index is 5.21. The minimum Gasteiger partial charge on any atom is -0.380 e. The summed E-state index contributed by atoms with van der Waals surface area (Å²) in [5.41, 5.74) is 9.86. The van der Waals surface area contributed by atoms with Gasteiger partial charge in [0.15, 0.2) is 0 Å². The first-order chi connectivity index (χ1) is 25.8. The van der Waals surface area contributed by atoms with E-state index in [2.05, 4.69) is 178 Å². The summed E-state index contributed by atoms with van der Waals surface area (Å²) in [5.74, 6) is 0. The summed E-state index contributed by atoms with van der Waals surface area (Å²) in [6, 6.07) is 46.7. The Labute approximate surface area is 300 Å². The minimum absolute atomic E-state index is 0.0367. The molecule has 5 heterocycles. The second-order valence-electron chi connectivity index (χ2n) is 13.6. The summed E-state index contributed by atoms with van der Waals surface area (Å²) < 4.78 is 4.92. The van der Waals surface area contributed by atoms with E-state index in [4.69, 9.17) is 4.98 Å². The summed E-state index contributed by atoms with van der Waals surface area (Å²) >= 11 is 0. The SMILES string of the molecule is C1=CCNC(c2cc(-n3c4ccccc4c4cc5c6c7ccccc7c7ccccc7c6n(-c6ccccc6)c5cc43)cc(C3C=CC=CN3)n2)=C1. The molecule has 2 aliphatic rings. The Morgan fingerprint density at radius 3 is 2.08 bits per heavy atom. The second-order valence-corrected chi connectivity index (χ2v) is 13.6. The molecular formula is C47H33N5. The number of fused-ring (bicyclic) bond motifs is 11. The lowest BCUT2D eigenvalue weighted by Gasteiger charge is -2.20. The largest absolute Gasteiger partial charge is 0.380 e. The Bertz CT molecular complexity index is 3040. The van der Waals surface area contributed by atoms with Gasteiger partial charge in [0.05, 0.1) is 50.9 Å². The summed E-state index contributed by atoms with van der Waals surface area (Å²) in [6.07, 6.45) is 14.6. The molecule has 1 unspecified atom stereocenters. The van der Waals surface area contributed by atoms with Gasteiger partial charge in [-0.3, -0.25) is 0 Å². The normalized spacial score (nSPS) is 15.6. The molecule has 0 bridgehead atoms. The van der Waals surface area contributed by atoms with Gasteiger partial charge in [0.25, 0.3) is 0 Å².